The van der Waals surface area contributed by atoms with Gasteiger partial charge in [-0.15, -0.1) is 0 Å². The first kappa shape index (κ1) is 18.5. The Morgan fingerprint density at radius 2 is 1.85 bits per heavy atom. The summed E-state index contributed by atoms with van der Waals surface area (Å²) in [6, 6.07) is 14.7. The second-order valence-corrected chi connectivity index (χ2v) is 7.28. The first-order valence-corrected chi connectivity index (χ1v) is 9.09. The number of nitrogens with zero attached hydrogens (tertiary/aromatic N) is 2. The van der Waals surface area contributed by atoms with Gasteiger partial charge in [0.1, 0.15) is 0 Å². The molecule has 1 heterocycles. The molecule has 0 aliphatic heterocycles. The average molecular weight is 388 g/mol. The van der Waals surface area contributed by atoms with Crippen LogP contribution in [-0.2, 0) is 0 Å². The number of amides is 1. The maximum absolute atomic E-state index is 12.7. The molecule has 3 rings (SSSR count). The summed E-state index contributed by atoms with van der Waals surface area (Å²) in [7, 11) is 0. The average Bonchev–Trinajstić information content (AvgIpc) is 3.05. The number of halogens is 2. The van der Waals surface area contributed by atoms with E-state index in [1.807, 2.05) is 30.3 Å². The smallest absolute Gasteiger partial charge is 0.255 e. The minimum absolute atomic E-state index is 0.156. The zero-order chi connectivity index (χ0) is 18.7. The summed E-state index contributed by atoms with van der Waals surface area (Å²) in [6.45, 7) is 4.70. The van der Waals surface area contributed by atoms with Gasteiger partial charge in [-0.1, -0.05) is 55.2 Å². The number of benzene rings is 2. The number of carbonyl (C=O) groups excluding carboxylic acids is 1. The van der Waals surface area contributed by atoms with E-state index in [1.54, 1.807) is 29.1 Å². The van der Waals surface area contributed by atoms with Crippen LogP contribution in [0.1, 0.15) is 24.2 Å². The molecule has 0 spiro atoms. The van der Waals surface area contributed by atoms with Crippen molar-refractivity contribution < 1.29 is 4.79 Å². The van der Waals surface area contributed by atoms with Crippen molar-refractivity contribution in [2.45, 2.75) is 13.8 Å². The van der Waals surface area contributed by atoms with Crippen molar-refractivity contribution in [3.05, 3.63) is 70.3 Å². The van der Waals surface area contributed by atoms with Crippen molar-refractivity contribution in [3.63, 3.8) is 0 Å². The Bertz CT molecular complexity index is 917. The van der Waals surface area contributed by atoms with Crippen LogP contribution in [0, 0.1) is 5.92 Å². The summed E-state index contributed by atoms with van der Waals surface area (Å²) >= 11 is 12.1. The zero-order valence-electron chi connectivity index (χ0n) is 14.5. The minimum Gasteiger partial charge on any atom is -0.352 e. The second-order valence-electron chi connectivity index (χ2n) is 6.41. The Hall–Kier alpha value is -2.30. The van der Waals surface area contributed by atoms with Gasteiger partial charge in [0.2, 0.25) is 0 Å². The monoisotopic (exact) mass is 387 g/mol. The van der Waals surface area contributed by atoms with Crippen LogP contribution in [0.2, 0.25) is 10.0 Å². The van der Waals surface area contributed by atoms with Gasteiger partial charge in [0.05, 0.1) is 23.1 Å². The minimum atomic E-state index is -0.156. The number of hydrogen-bond donors (Lipinski definition) is 1. The third-order valence-electron chi connectivity index (χ3n) is 3.86. The Morgan fingerprint density at radius 1 is 1.12 bits per heavy atom. The van der Waals surface area contributed by atoms with Crippen molar-refractivity contribution in [2.75, 3.05) is 6.54 Å². The van der Waals surface area contributed by atoms with Crippen molar-refractivity contribution in [1.82, 2.24) is 15.1 Å². The van der Waals surface area contributed by atoms with Crippen molar-refractivity contribution in [1.29, 1.82) is 0 Å². The number of rotatable bonds is 5. The third kappa shape index (κ3) is 4.09. The van der Waals surface area contributed by atoms with E-state index in [0.29, 0.717) is 33.8 Å². The van der Waals surface area contributed by atoms with Gasteiger partial charge in [-0.2, -0.15) is 5.10 Å². The molecule has 134 valence electrons. The van der Waals surface area contributed by atoms with E-state index >= 15 is 0 Å². The molecule has 0 saturated carbocycles. The van der Waals surface area contributed by atoms with Gasteiger partial charge < -0.3 is 5.32 Å². The largest absolute Gasteiger partial charge is 0.352 e. The summed E-state index contributed by atoms with van der Waals surface area (Å²) < 4.78 is 1.72. The molecule has 2 aromatic carbocycles. The second kappa shape index (κ2) is 7.94. The molecular formula is C20H19Cl2N3O. The van der Waals surface area contributed by atoms with Crippen molar-refractivity contribution >= 4 is 29.1 Å². The molecule has 1 aromatic heterocycles. The summed E-state index contributed by atoms with van der Waals surface area (Å²) in [6.07, 6.45) is 1.58. The summed E-state index contributed by atoms with van der Waals surface area (Å²) in [4.78, 5) is 12.7. The highest BCUT2D eigenvalue weighted by Crippen LogP contribution is 2.28. The highest BCUT2D eigenvalue weighted by molar-refractivity contribution is 6.31. The molecule has 0 aliphatic carbocycles. The fourth-order valence-corrected chi connectivity index (χ4v) is 2.91. The van der Waals surface area contributed by atoms with E-state index in [9.17, 15) is 4.79 Å². The lowest BCUT2D eigenvalue weighted by Gasteiger charge is -2.12. The number of aromatic nitrogens is 2. The maximum atomic E-state index is 12.7. The predicted molar refractivity (Wildman–Crippen MR) is 106 cm³/mol. The molecule has 0 fully saturated rings. The molecule has 4 nitrogen and oxygen atoms in total. The van der Waals surface area contributed by atoms with E-state index in [2.05, 4.69) is 24.3 Å². The quantitative estimate of drug-likeness (QED) is 0.651. The number of hydrogen-bond acceptors (Lipinski definition) is 2. The summed E-state index contributed by atoms with van der Waals surface area (Å²) in [5.74, 6) is 0.206. The van der Waals surface area contributed by atoms with Gasteiger partial charge in [0.15, 0.2) is 0 Å². The first-order chi connectivity index (χ1) is 12.5. The molecule has 3 aromatic rings. The van der Waals surface area contributed by atoms with Gasteiger partial charge >= 0.3 is 0 Å². The first-order valence-electron chi connectivity index (χ1n) is 8.34. The maximum Gasteiger partial charge on any atom is 0.255 e. The normalized spacial score (nSPS) is 11.0. The van der Waals surface area contributed by atoms with Crippen LogP contribution in [0.15, 0.2) is 54.7 Å². The third-order valence-corrected chi connectivity index (χ3v) is 4.34. The lowest BCUT2D eigenvalue weighted by atomic mass is 10.1. The summed E-state index contributed by atoms with van der Waals surface area (Å²) in [5, 5.41) is 8.63. The van der Waals surface area contributed by atoms with E-state index in [-0.39, 0.29) is 5.91 Å². The highest BCUT2D eigenvalue weighted by atomic mass is 35.5. The highest BCUT2D eigenvalue weighted by Gasteiger charge is 2.20. The molecule has 0 aliphatic rings. The Balaban J connectivity index is 2.10. The fourth-order valence-electron chi connectivity index (χ4n) is 2.60. The molecular weight excluding hydrogens is 369 g/mol. The van der Waals surface area contributed by atoms with Gasteiger partial charge in [0, 0.05) is 22.2 Å². The van der Waals surface area contributed by atoms with Crippen molar-refractivity contribution in [2.24, 2.45) is 5.92 Å². The number of carbonyl (C=O) groups is 1. The molecule has 0 bridgehead atoms. The van der Waals surface area contributed by atoms with E-state index in [0.717, 1.165) is 11.3 Å². The molecule has 0 atom stereocenters. The lowest BCUT2D eigenvalue weighted by molar-refractivity contribution is 0.0949. The van der Waals surface area contributed by atoms with Crippen molar-refractivity contribution in [3.8, 4) is 16.9 Å². The molecule has 6 heteroatoms. The molecule has 26 heavy (non-hydrogen) atoms. The standard InChI is InChI=1S/C20H19Cl2N3O/c1-13(2)11-23-20(26)18-12-24-25(17-5-3-4-16(22)10-17)19(18)14-6-8-15(21)9-7-14/h3-10,12-13H,11H2,1-2H3,(H,23,26). The van der Waals surface area contributed by atoms with E-state index in [1.165, 1.54) is 0 Å². The topological polar surface area (TPSA) is 46.9 Å². The van der Waals surface area contributed by atoms with Crippen LogP contribution in [0.25, 0.3) is 16.9 Å². The summed E-state index contributed by atoms with van der Waals surface area (Å²) in [5.41, 5.74) is 2.84. The Labute approximate surface area is 162 Å². The predicted octanol–water partition coefficient (Wildman–Crippen LogP) is 5.23. The van der Waals surface area contributed by atoms with Crippen LogP contribution < -0.4 is 5.32 Å². The van der Waals surface area contributed by atoms with Gasteiger partial charge in [-0.05, 0) is 36.2 Å². The van der Waals surface area contributed by atoms with Gasteiger partial charge in [0.25, 0.3) is 5.91 Å². The van der Waals surface area contributed by atoms with Crippen LogP contribution in [0.5, 0.6) is 0 Å². The van der Waals surface area contributed by atoms with Crippen LogP contribution in [-0.4, -0.2) is 22.2 Å². The van der Waals surface area contributed by atoms with E-state index in [4.69, 9.17) is 23.2 Å². The number of nitrogens with one attached hydrogen (secondary N) is 1. The van der Waals surface area contributed by atoms with E-state index < -0.39 is 0 Å². The van der Waals surface area contributed by atoms with Crippen LogP contribution in [0.4, 0.5) is 0 Å². The van der Waals surface area contributed by atoms with Crippen LogP contribution >= 0.6 is 23.2 Å². The van der Waals surface area contributed by atoms with Gasteiger partial charge in [-0.3, -0.25) is 4.79 Å². The lowest BCUT2D eigenvalue weighted by Crippen LogP contribution is -2.27. The van der Waals surface area contributed by atoms with Crippen LogP contribution in [0.3, 0.4) is 0 Å². The Kier molecular flexibility index (Phi) is 5.64. The SMILES string of the molecule is CC(C)CNC(=O)c1cnn(-c2cccc(Cl)c2)c1-c1ccc(Cl)cc1. The zero-order valence-corrected chi connectivity index (χ0v) is 16.1. The fraction of sp³-hybridized carbons (Fsp3) is 0.200. The molecule has 1 N–H and O–H groups in total. The molecule has 0 saturated heterocycles. The molecule has 0 unspecified atom stereocenters. The Morgan fingerprint density at radius 3 is 2.50 bits per heavy atom. The van der Waals surface area contributed by atoms with Gasteiger partial charge in [-0.25, -0.2) is 4.68 Å². The molecule has 1 amide bonds. The molecule has 0 radical (unpaired) electrons.